The summed E-state index contributed by atoms with van der Waals surface area (Å²) in [5.74, 6) is -1.15. The van der Waals surface area contributed by atoms with Gasteiger partial charge in [0.15, 0.2) is 0 Å². The minimum Gasteiger partial charge on any atom is -0.354 e. The zero-order valence-corrected chi connectivity index (χ0v) is 15.9. The van der Waals surface area contributed by atoms with Gasteiger partial charge in [-0.25, -0.2) is 4.39 Å². The van der Waals surface area contributed by atoms with E-state index in [1.54, 1.807) is 17.0 Å². The number of carbonyl (C=O) groups is 2. The van der Waals surface area contributed by atoms with E-state index in [-0.39, 0.29) is 29.6 Å². The summed E-state index contributed by atoms with van der Waals surface area (Å²) in [6.07, 6.45) is 0. The van der Waals surface area contributed by atoms with Gasteiger partial charge < -0.3 is 10.2 Å². The highest BCUT2D eigenvalue weighted by molar-refractivity contribution is 5.96. The average molecular weight is 368 g/mol. The van der Waals surface area contributed by atoms with Crippen molar-refractivity contribution in [3.63, 3.8) is 0 Å². The molecule has 0 saturated carbocycles. The van der Waals surface area contributed by atoms with Crippen LogP contribution in [0.3, 0.4) is 0 Å². The number of benzene rings is 2. The number of hydrogen-bond donors (Lipinski definition) is 1. The Morgan fingerprint density at radius 2 is 1.85 bits per heavy atom. The molecule has 0 bridgehead atoms. The summed E-state index contributed by atoms with van der Waals surface area (Å²) in [7, 11) is 0. The second-order valence-corrected chi connectivity index (χ2v) is 7.46. The molecular formula is C22H25FN2O2. The van der Waals surface area contributed by atoms with Crippen LogP contribution in [0.2, 0.25) is 0 Å². The van der Waals surface area contributed by atoms with E-state index in [4.69, 9.17) is 0 Å². The van der Waals surface area contributed by atoms with Gasteiger partial charge in [-0.15, -0.1) is 0 Å². The summed E-state index contributed by atoms with van der Waals surface area (Å²) in [6.45, 7) is 6.43. The Kier molecular flexibility index (Phi) is 5.59. The summed E-state index contributed by atoms with van der Waals surface area (Å²) in [4.78, 5) is 27.5. The van der Waals surface area contributed by atoms with E-state index in [2.05, 4.69) is 5.32 Å². The highest BCUT2D eigenvalue weighted by atomic mass is 19.1. The van der Waals surface area contributed by atoms with Crippen molar-refractivity contribution in [1.82, 2.24) is 10.2 Å². The molecule has 0 spiro atoms. The minimum absolute atomic E-state index is 0.00628. The molecule has 5 heteroatoms. The fourth-order valence-electron chi connectivity index (χ4n) is 3.69. The number of rotatable bonds is 4. The van der Waals surface area contributed by atoms with Crippen LogP contribution in [0.15, 0.2) is 48.5 Å². The normalized spacial score (nSPS) is 19.4. The molecule has 2 aromatic carbocycles. The monoisotopic (exact) mass is 368 g/mol. The van der Waals surface area contributed by atoms with Crippen molar-refractivity contribution in [1.29, 1.82) is 0 Å². The van der Waals surface area contributed by atoms with Gasteiger partial charge in [0.1, 0.15) is 5.82 Å². The first-order valence-corrected chi connectivity index (χ1v) is 9.27. The van der Waals surface area contributed by atoms with Gasteiger partial charge in [-0.05, 0) is 50.1 Å². The molecular weight excluding hydrogens is 343 g/mol. The zero-order chi connectivity index (χ0) is 19.6. The molecule has 1 fully saturated rings. The van der Waals surface area contributed by atoms with Crippen molar-refractivity contribution in [3.05, 3.63) is 71.0 Å². The quantitative estimate of drug-likeness (QED) is 0.898. The largest absolute Gasteiger partial charge is 0.354 e. The average Bonchev–Trinajstić information content (AvgIpc) is 3.06. The van der Waals surface area contributed by atoms with Gasteiger partial charge in [0.05, 0.1) is 5.92 Å². The lowest BCUT2D eigenvalue weighted by Crippen LogP contribution is -2.39. The molecule has 2 atom stereocenters. The van der Waals surface area contributed by atoms with Crippen molar-refractivity contribution in [2.24, 2.45) is 5.92 Å². The van der Waals surface area contributed by atoms with Crippen LogP contribution in [0, 0.1) is 18.7 Å². The van der Waals surface area contributed by atoms with Gasteiger partial charge in [-0.1, -0.05) is 30.3 Å². The molecule has 1 aliphatic heterocycles. The third kappa shape index (κ3) is 4.18. The van der Waals surface area contributed by atoms with E-state index in [0.29, 0.717) is 18.7 Å². The third-order valence-corrected chi connectivity index (χ3v) is 5.03. The number of carbonyl (C=O) groups excluding carboxylic acids is 2. The molecule has 0 unspecified atom stereocenters. The first-order chi connectivity index (χ1) is 12.9. The van der Waals surface area contributed by atoms with Gasteiger partial charge >= 0.3 is 0 Å². The maximum absolute atomic E-state index is 13.8. The molecule has 1 heterocycles. The maximum Gasteiger partial charge on any atom is 0.254 e. The first kappa shape index (κ1) is 19.1. The van der Waals surface area contributed by atoms with E-state index >= 15 is 0 Å². The van der Waals surface area contributed by atoms with Crippen LogP contribution in [0.1, 0.15) is 41.3 Å². The number of amides is 2. The van der Waals surface area contributed by atoms with Crippen molar-refractivity contribution < 1.29 is 14.0 Å². The fourth-order valence-corrected chi connectivity index (χ4v) is 3.69. The molecule has 0 radical (unpaired) electrons. The molecule has 0 aliphatic carbocycles. The van der Waals surface area contributed by atoms with E-state index in [1.807, 2.05) is 45.0 Å². The topological polar surface area (TPSA) is 49.4 Å². The smallest absolute Gasteiger partial charge is 0.254 e. The Morgan fingerprint density at radius 1 is 1.11 bits per heavy atom. The molecule has 2 aromatic rings. The predicted molar refractivity (Wildman–Crippen MR) is 103 cm³/mol. The number of halogens is 1. The molecule has 2 amide bonds. The molecule has 142 valence electrons. The second kappa shape index (κ2) is 7.91. The van der Waals surface area contributed by atoms with Gasteiger partial charge in [-0.2, -0.15) is 0 Å². The fraction of sp³-hybridized carbons (Fsp3) is 0.364. The number of likely N-dealkylation sites (tertiary alicyclic amines) is 1. The van der Waals surface area contributed by atoms with Gasteiger partial charge in [0, 0.05) is 30.6 Å². The molecule has 1 saturated heterocycles. The lowest BCUT2D eigenvalue weighted by molar-refractivity contribution is -0.125. The summed E-state index contributed by atoms with van der Waals surface area (Å²) >= 11 is 0. The zero-order valence-electron chi connectivity index (χ0n) is 15.9. The molecule has 1 N–H and O–H groups in total. The number of nitrogens with zero attached hydrogens (tertiary/aromatic N) is 1. The van der Waals surface area contributed by atoms with Crippen LogP contribution >= 0.6 is 0 Å². The Labute approximate surface area is 159 Å². The third-order valence-electron chi connectivity index (χ3n) is 5.03. The van der Waals surface area contributed by atoms with Crippen LogP contribution in [0.25, 0.3) is 0 Å². The Hall–Kier alpha value is -2.69. The van der Waals surface area contributed by atoms with E-state index in [1.165, 1.54) is 12.1 Å². The van der Waals surface area contributed by atoms with Gasteiger partial charge in [-0.3, -0.25) is 9.59 Å². The number of nitrogens with one attached hydrogen (secondary N) is 1. The molecule has 27 heavy (non-hydrogen) atoms. The van der Waals surface area contributed by atoms with Crippen molar-refractivity contribution in [2.75, 3.05) is 13.1 Å². The number of hydrogen-bond acceptors (Lipinski definition) is 2. The van der Waals surface area contributed by atoms with E-state index in [0.717, 1.165) is 11.1 Å². The Bertz CT molecular complexity index is 850. The van der Waals surface area contributed by atoms with Gasteiger partial charge in [0.25, 0.3) is 5.91 Å². The first-order valence-electron chi connectivity index (χ1n) is 9.27. The lowest BCUT2D eigenvalue weighted by atomic mass is 9.88. The van der Waals surface area contributed by atoms with Crippen molar-refractivity contribution in [3.8, 4) is 0 Å². The summed E-state index contributed by atoms with van der Waals surface area (Å²) < 4.78 is 13.8. The van der Waals surface area contributed by atoms with E-state index < -0.39 is 5.92 Å². The molecule has 3 rings (SSSR count). The summed E-state index contributed by atoms with van der Waals surface area (Å²) in [5, 5.41) is 2.94. The number of aryl methyl sites for hydroxylation is 1. The minimum atomic E-state index is -0.401. The maximum atomic E-state index is 13.8. The molecule has 0 aromatic heterocycles. The van der Waals surface area contributed by atoms with Crippen LogP contribution in [-0.2, 0) is 4.79 Å². The second-order valence-electron chi connectivity index (χ2n) is 7.46. The van der Waals surface area contributed by atoms with Gasteiger partial charge in [0.2, 0.25) is 5.91 Å². The van der Waals surface area contributed by atoms with Crippen LogP contribution in [0.4, 0.5) is 4.39 Å². The Balaban J connectivity index is 1.90. The van der Waals surface area contributed by atoms with Crippen LogP contribution < -0.4 is 5.32 Å². The lowest BCUT2D eigenvalue weighted by Gasteiger charge is -2.19. The van der Waals surface area contributed by atoms with Crippen molar-refractivity contribution in [2.45, 2.75) is 32.7 Å². The summed E-state index contributed by atoms with van der Waals surface area (Å²) in [6, 6.07) is 13.8. The Morgan fingerprint density at radius 3 is 2.52 bits per heavy atom. The highest BCUT2D eigenvalue weighted by Gasteiger charge is 2.41. The molecule has 4 nitrogen and oxygen atoms in total. The van der Waals surface area contributed by atoms with E-state index in [9.17, 15) is 14.0 Å². The molecule has 1 aliphatic rings. The van der Waals surface area contributed by atoms with Crippen LogP contribution in [0.5, 0.6) is 0 Å². The highest BCUT2D eigenvalue weighted by Crippen LogP contribution is 2.34. The standard InChI is InChI=1S/C22H25FN2O2/c1-14(2)24-21(26)20-13-25(22(27)18-10-5-4-7-15(18)3)12-19(20)16-8-6-9-17(23)11-16/h4-11,14,19-20H,12-13H2,1-3H3,(H,24,26)/t19-,20-/m1/s1. The SMILES string of the molecule is Cc1ccccc1C(=O)N1C[C@H](c2cccc(F)c2)[C@H](C(=O)NC(C)C)C1. The summed E-state index contributed by atoms with van der Waals surface area (Å²) in [5.41, 5.74) is 2.29. The van der Waals surface area contributed by atoms with Crippen LogP contribution in [-0.4, -0.2) is 35.8 Å². The van der Waals surface area contributed by atoms with Crippen molar-refractivity contribution >= 4 is 11.8 Å². The predicted octanol–water partition coefficient (Wildman–Crippen LogP) is 3.51.